The smallest absolute Gasteiger partial charge is 0.152 e. The summed E-state index contributed by atoms with van der Waals surface area (Å²) >= 11 is 0. The molecular formula is C12H24O. The maximum absolute atomic E-state index is 10.1. The molecule has 0 rings (SSSR count). The minimum Gasteiger partial charge on any atom is -0.295 e. The Balaban J connectivity index is 0. The molecule has 13 heavy (non-hydrogen) atoms. The molecule has 0 saturated heterocycles. The molecule has 0 saturated carbocycles. The third-order valence-corrected chi connectivity index (χ3v) is 1.55. The zero-order chi connectivity index (χ0) is 10.5. The number of carbonyl (C=O) groups excluding carboxylic acids is 1. The van der Waals surface area contributed by atoms with Gasteiger partial charge >= 0.3 is 0 Å². The number of hydrogen-bond donors (Lipinski definition) is 0. The second-order valence-electron chi connectivity index (χ2n) is 3.13. The number of allylic oxidation sites excluding steroid dienone is 2. The van der Waals surface area contributed by atoms with Crippen LogP contribution in [0.5, 0.6) is 0 Å². The third kappa shape index (κ3) is 24.6. The summed E-state index contributed by atoms with van der Waals surface area (Å²) in [5.41, 5.74) is 0. The van der Waals surface area contributed by atoms with Gasteiger partial charge in [0.2, 0.25) is 0 Å². The van der Waals surface area contributed by atoms with E-state index >= 15 is 0 Å². The molecule has 0 N–H and O–H groups in total. The zero-order valence-corrected chi connectivity index (χ0v) is 9.60. The molecule has 0 aliphatic carbocycles. The predicted octanol–water partition coefficient (Wildman–Crippen LogP) is 4.13. The Labute approximate surface area is 83.2 Å². The fourth-order valence-corrected chi connectivity index (χ4v) is 0.784. The van der Waals surface area contributed by atoms with E-state index in [4.69, 9.17) is 0 Å². The second-order valence-corrected chi connectivity index (χ2v) is 3.13. The minimum absolute atomic E-state index is 0.127. The number of carbonyl (C=O) groups is 1. The monoisotopic (exact) mass is 184 g/mol. The first-order valence-electron chi connectivity index (χ1n) is 5.36. The van der Waals surface area contributed by atoms with Crippen LogP contribution < -0.4 is 0 Å². The van der Waals surface area contributed by atoms with E-state index in [2.05, 4.69) is 13.8 Å². The highest BCUT2D eigenvalue weighted by Crippen LogP contribution is 1.95. The van der Waals surface area contributed by atoms with Crippen LogP contribution in [0.4, 0.5) is 0 Å². The van der Waals surface area contributed by atoms with E-state index in [9.17, 15) is 4.79 Å². The maximum atomic E-state index is 10.1. The van der Waals surface area contributed by atoms with Crippen LogP contribution in [0.2, 0.25) is 0 Å². The molecule has 0 aliphatic rings. The van der Waals surface area contributed by atoms with Crippen molar-refractivity contribution in [1.29, 1.82) is 0 Å². The standard InChI is InChI=1S/C6H10O.C6H14/c1-3-4-5-6(2)7;1-3-5-6-4-2/h4-5H,3H2,1-2H3;3-6H2,1-2H3. The molecule has 0 radical (unpaired) electrons. The minimum atomic E-state index is 0.127. The van der Waals surface area contributed by atoms with Gasteiger partial charge in [0, 0.05) is 0 Å². The van der Waals surface area contributed by atoms with Crippen molar-refractivity contribution in [1.82, 2.24) is 0 Å². The van der Waals surface area contributed by atoms with Gasteiger partial charge in [-0.25, -0.2) is 0 Å². The largest absolute Gasteiger partial charge is 0.295 e. The first kappa shape index (κ1) is 14.9. The van der Waals surface area contributed by atoms with Gasteiger partial charge in [0.1, 0.15) is 0 Å². The average molecular weight is 184 g/mol. The Morgan fingerprint density at radius 3 is 1.69 bits per heavy atom. The van der Waals surface area contributed by atoms with Gasteiger partial charge in [0.15, 0.2) is 5.78 Å². The van der Waals surface area contributed by atoms with Crippen LogP contribution in [-0.2, 0) is 4.79 Å². The topological polar surface area (TPSA) is 17.1 Å². The van der Waals surface area contributed by atoms with Gasteiger partial charge < -0.3 is 0 Å². The lowest BCUT2D eigenvalue weighted by atomic mass is 10.2. The number of rotatable bonds is 5. The fourth-order valence-electron chi connectivity index (χ4n) is 0.784. The summed E-state index contributed by atoms with van der Waals surface area (Å²) in [6.07, 6.45) is 9.91. The van der Waals surface area contributed by atoms with Crippen molar-refractivity contribution in [2.24, 2.45) is 0 Å². The third-order valence-electron chi connectivity index (χ3n) is 1.55. The molecule has 0 bridgehead atoms. The van der Waals surface area contributed by atoms with Crippen LogP contribution in [0.25, 0.3) is 0 Å². The molecule has 0 atom stereocenters. The van der Waals surface area contributed by atoms with Crippen molar-refractivity contribution >= 4 is 5.78 Å². The Morgan fingerprint density at radius 2 is 1.54 bits per heavy atom. The van der Waals surface area contributed by atoms with Crippen LogP contribution in [0.15, 0.2) is 12.2 Å². The van der Waals surface area contributed by atoms with Gasteiger partial charge in [0.05, 0.1) is 0 Å². The summed E-state index contributed by atoms with van der Waals surface area (Å²) in [6.45, 7) is 8.01. The number of ketones is 1. The molecule has 0 amide bonds. The van der Waals surface area contributed by atoms with E-state index in [0.717, 1.165) is 6.42 Å². The SMILES string of the molecule is CCC=CC(C)=O.CCCCCC. The molecule has 0 unspecified atom stereocenters. The van der Waals surface area contributed by atoms with Gasteiger partial charge in [-0.15, -0.1) is 0 Å². The Bertz CT molecular complexity index is 121. The molecule has 1 heteroatoms. The molecule has 0 aromatic heterocycles. The summed E-state index contributed by atoms with van der Waals surface area (Å²) in [5.74, 6) is 0.127. The summed E-state index contributed by atoms with van der Waals surface area (Å²) in [5, 5.41) is 0. The molecule has 0 spiro atoms. The Hall–Kier alpha value is -0.590. The molecule has 0 aromatic carbocycles. The molecule has 1 nitrogen and oxygen atoms in total. The van der Waals surface area contributed by atoms with Gasteiger partial charge in [-0.05, 0) is 19.4 Å². The van der Waals surface area contributed by atoms with Gasteiger partial charge in [-0.1, -0.05) is 52.5 Å². The highest BCUT2D eigenvalue weighted by Gasteiger charge is 1.76. The van der Waals surface area contributed by atoms with E-state index in [1.165, 1.54) is 25.7 Å². The highest BCUT2D eigenvalue weighted by atomic mass is 16.1. The first-order chi connectivity index (χ1) is 6.18. The van der Waals surface area contributed by atoms with Crippen molar-refractivity contribution in [3.05, 3.63) is 12.2 Å². The van der Waals surface area contributed by atoms with Crippen molar-refractivity contribution in [2.45, 2.75) is 59.8 Å². The van der Waals surface area contributed by atoms with Crippen molar-refractivity contribution in [3.63, 3.8) is 0 Å². The number of unbranched alkanes of at least 4 members (excludes halogenated alkanes) is 3. The lowest BCUT2D eigenvalue weighted by Gasteiger charge is -1.86. The van der Waals surface area contributed by atoms with Crippen LogP contribution in [-0.4, -0.2) is 5.78 Å². The van der Waals surface area contributed by atoms with Crippen LogP contribution in [0.3, 0.4) is 0 Å². The molecule has 0 heterocycles. The van der Waals surface area contributed by atoms with E-state index in [-0.39, 0.29) is 5.78 Å². The fraction of sp³-hybridized carbons (Fsp3) is 0.750. The van der Waals surface area contributed by atoms with Crippen molar-refractivity contribution in [2.75, 3.05) is 0 Å². The van der Waals surface area contributed by atoms with Crippen LogP contribution in [0, 0.1) is 0 Å². The van der Waals surface area contributed by atoms with Crippen molar-refractivity contribution < 1.29 is 4.79 Å². The molecule has 78 valence electrons. The summed E-state index contributed by atoms with van der Waals surface area (Å²) in [7, 11) is 0. The normalized spacial score (nSPS) is 9.54. The Kier molecular flexibility index (Phi) is 16.0. The summed E-state index contributed by atoms with van der Waals surface area (Å²) in [6, 6.07) is 0. The van der Waals surface area contributed by atoms with E-state index in [1.54, 1.807) is 13.0 Å². The van der Waals surface area contributed by atoms with Gasteiger partial charge in [-0.3, -0.25) is 4.79 Å². The summed E-state index contributed by atoms with van der Waals surface area (Å²) < 4.78 is 0. The van der Waals surface area contributed by atoms with E-state index in [1.807, 2.05) is 13.0 Å². The highest BCUT2D eigenvalue weighted by molar-refractivity contribution is 5.87. The maximum Gasteiger partial charge on any atom is 0.152 e. The van der Waals surface area contributed by atoms with Crippen molar-refractivity contribution in [3.8, 4) is 0 Å². The molecular weight excluding hydrogens is 160 g/mol. The lowest BCUT2D eigenvalue weighted by Crippen LogP contribution is -1.77. The van der Waals surface area contributed by atoms with Gasteiger partial charge in [0.25, 0.3) is 0 Å². The van der Waals surface area contributed by atoms with Crippen LogP contribution >= 0.6 is 0 Å². The molecule has 0 aromatic rings. The first-order valence-corrected chi connectivity index (χ1v) is 5.36. The molecule has 0 aliphatic heterocycles. The Morgan fingerprint density at radius 1 is 1.08 bits per heavy atom. The lowest BCUT2D eigenvalue weighted by molar-refractivity contribution is -0.112. The average Bonchev–Trinajstić information content (AvgIpc) is 2.12. The summed E-state index contributed by atoms with van der Waals surface area (Å²) in [4.78, 5) is 10.1. The predicted molar refractivity (Wildman–Crippen MR) is 59.9 cm³/mol. The zero-order valence-electron chi connectivity index (χ0n) is 9.60. The van der Waals surface area contributed by atoms with E-state index < -0.39 is 0 Å². The molecule has 0 fully saturated rings. The van der Waals surface area contributed by atoms with Gasteiger partial charge in [-0.2, -0.15) is 0 Å². The van der Waals surface area contributed by atoms with Crippen LogP contribution in [0.1, 0.15) is 59.8 Å². The second kappa shape index (κ2) is 14.0. The number of hydrogen-bond acceptors (Lipinski definition) is 1. The van der Waals surface area contributed by atoms with E-state index in [0.29, 0.717) is 0 Å². The quantitative estimate of drug-likeness (QED) is 0.464.